The highest BCUT2D eigenvalue weighted by Gasteiger charge is 2.20. The minimum Gasteiger partial charge on any atom is -0.333 e. The van der Waals surface area contributed by atoms with Crippen LogP contribution in [0, 0.1) is 0 Å². The largest absolute Gasteiger partial charge is 0.333 e. The highest BCUT2D eigenvalue weighted by atomic mass is 79.9. The first-order valence-corrected chi connectivity index (χ1v) is 7.64. The SMILES string of the molecule is CC(c1cccs1)N(C)C(=O)c1ccc(Br)s1. The lowest BCUT2D eigenvalue weighted by molar-refractivity contribution is 0.0750. The molecule has 17 heavy (non-hydrogen) atoms. The second-order valence-electron chi connectivity index (χ2n) is 3.71. The molecule has 0 spiro atoms. The van der Waals surface area contributed by atoms with Crippen molar-refractivity contribution in [1.29, 1.82) is 0 Å². The third kappa shape index (κ3) is 2.78. The van der Waals surface area contributed by atoms with Crippen LogP contribution in [0.5, 0.6) is 0 Å². The molecule has 0 radical (unpaired) electrons. The van der Waals surface area contributed by atoms with E-state index < -0.39 is 0 Å². The molecule has 0 fully saturated rings. The second-order valence-corrected chi connectivity index (χ2v) is 7.15. The third-order valence-electron chi connectivity index (χ3n) is 2.64. The predicted molar refractivity (Wildman–Crippen MR) is 76.8 cm³/mol. The molecule has 0 aliphatic rings. The Morgan fingerprint density at radius 1 is 1.41 bits per heavy atom. The summed E-state index contributed by atoms with van der Waals surface area (Å²) in [4.78, 5) is 16.0. The lowest BCUT2D eigenvalue weighted by Crippen LogP contribution is -2.28. The number of carbonyl (C=O) groups excluding carboxylic acids is 1. The van der Waals surface area contributed by atoms with Crippen molar-refractivity contribution in [2.45, 2.75) is 13.0 Å². The number of rotatable bonds is 3. The first kappa shape index (κ1) is 12.8. The quantitative estimate of drug-likeness (QED) is 0.816. The van der Waals surface area contributed by atoms with Gasteiger partial charge in [-0.25, -0.2) is 0 Å². The fourth-order valence-electron chi connectivity index (χ4n) is 1.50. The Hall–Kier alpha value is -0.650. The van der Waals surface area contributed by atoms with E-state index in [4.69, 9.17) is 0 Å². The van der Waals surface area contributed by atoms with Crippen LogP contribution in [-0.2, 0) is 0 Å². The first-order chi connectivity index (χ1) is 8.09. The predicted octanol–water partition coefficient (Wildman–Crippen LogP) is 4.41. The Labute approximate surface area is 117 Å². The van der Waals surface area contributed by atoms with Gasteiger partial charge in [0, 0.05) is 11.9 Å². The molecule has 0 bridgehead atoms. The number of carbonyl (C=O) groups is 1. The van der Waals surface area contributed by atoms with Crippen LogP contribution in [0.15, 0.2) is 33.4 Å². The third-order valence-corrected chi connectivity index (χ3v) is 5.29. The molecular weight excluding hydrogens is 318 g/mol. The summed E-state index contributed by atoms with van der Waals surface area (Å²) in [7, 11) is 1.85. The van der Waals surface area contributed by atoms with Crippen molar-refractivity contribution in [1.82, 2.24) is 4.90 Å². The maximum atomic E-state index is 12.2. The van der Waals surface area contributed by atoms with E-state index in [0.717, 1.165) is 8.66 Å². The van der Waals surface area contributed by atoms with Crippen molar-refractivity contribution in [2.75, 3.05) is 7.05 Å². The smallest absolute Gasteiger partial charge is 0.264 e. The maximum absolute atomic E-state index is 12.2. The van der Waals surface area contributed by atoms with Crippen molar-refractivity contribution in [3.63, 3.8) is 0 Å². The van der Waals surface area contributed by atoms with Crippen molar-refractivity contribution < 1.29 is 4.79 Å². The Bertz CT molecular complexity index is 506. The van der Waals surface area contributed by atoms with E-state index in [1.165, 1.54) is 16.2 Å². The van der Waals surface area contributed by atoms with Crippen molar-refractivity contribution in [3.05, 3.63) is 43.2 Å². The van der Waals surface area contributed by atoms with Gasteiger partial charge in [-0.05, 0) is 46.4 Å². The molecule has 2 aromatic heterocycles. The fraction of sp³-hybridized carbons (Fsp3) is 0.250. The highest BCUT2D eigenvalue weighted by molar-refractivity contribution is 9.11. The van der Waals surface area contributed by atoms with Gasteiger partial charge < -0.3 is 4.90 Å². The van der Waals surface area contributed by atoms with E-state index in [9.17, 15) is 4.79 Å². The van der Waals surface area contributed by atoms with Crippen LogP contribution < -0.4 is 0 Å². The molecule has 90 valence electrons. The Kier molecular flexibility index (Phi) is 4.01. The lowest BCUT2D eigenvalue weighted by Gasteiger charge is -2.23. The topological polar surface area (TPSA) is 20.3 Å². The number of hydrogen-bond acceptors (Lipinski definition) is 3. The molecule has 1 unspecified atom stereocenters. The average Bonchev–Trinajstić information content (AvgIpc) is 2.96. The zero-order valence-corrected chi connectivity index (χ0v) is 12.7. The maximum Gasteiger partial charge on any atom is 0.264 e. The van der Waals surface area contributed by atoms with Crippen LogP contribution in [0.4, 0.5) is 0 Å². The average molecular weight is 330 g/mol. The summed E-state index contributed by atoms with van der Waals surface area (Å²) < 4.78 is 0.984. The van der Waals surface area contributed by atoms with Gasteiger partial charge in [-0.15, -0.1) is 22.7 Å². The molecule has 2 aromatic rings. The van der Waals surface area contributed by atoms with Crippen molar-refractivity contribution in [2.24, 2.45) is 0 Å². The van der Waals surface area contributed by atoms with Gasteiger partial charge in [0.05, 0.1) is 14.7 Å². The van der Waals surface area contributed by atoms with E-state index in [0.29, 0.717) is 0 Å². The van der Waals surface area contributed by atoms with E-state index in [-0.39, 0.29) is 11.9 Å². The van der Waals surface area contributed by atoms with Gasteiger partial charge in [0.15, 0.2) is 0 Å². The number of nitrogens with zero attached hydrogens (tertiary/aromatic N) is 1. The van der Waals surface area contributed by atoms with Gasteiger partial charge in [0.25, 0.3) is 5.91 Å². The van der Waals surface area contributed by atoms with Crippen LogP contribution in [0.1, 0.15) is 27.5 Å². The molecule has 0 saturated carbocycles. The minimum absolute atomic E-state index is 0.0709. The summed E-state index contributed by atoms with van der Waals surface area (Å²) in [6.07, 6.45) is 0. The zero-order chi connectivity index (χ0) is 12.4. The Balaban J connectivity index is 2.15. The number of halogens is 1. The van der Waals surface area contributed by atoms with E-state index in [1.807, 2.05) is 37.6 Å². The van der Waals surface area contributed by atoms with Crippen LogP contribution >= 0.6 is 38.6 Å². The fourth-order valence-corrected chi connectivity index (χ4v) is 3.69. The molecule has 0 N–H and O–H groups in total. The monoisotopic (exact) mass is 329 g/mol. The molecule has 0 aliphatic heterocycles. The van der Waals surface area contributed by atoms with Gasteiger partial charge >= 0.3 is 0 Å². The van der Waals surface area contributed by atoms with E-state index in [1.54, 1.807) is 16.2 Å². The van der Waals surface area contributed by atoms with E-state index in [2.05, 4.69) is 22.0 Å². The number of amides is 1. The Morgan fingerprint density at radius 2 is 2.18 bits per heavy atom. The standard InChI is InChI=1S/C12H12BrNOS2/c1-8(9-4-3-7-16-9)14(2)12(15)10-5-6-11(13)17-10/h3-8H,1-2H3. The molecule has 0 aromatic carbocycles. The summed E-state index contributed by atoms with van der Waals surface area (Å²) >= 11 is 6.52. The molecule has 0 aliphatic carbocycles. The van der Waals surface area contributed by atoms with Gasteiger partial charge in [-0.2, -0.15) is 0 Å². The highest BCUT2D eigenvalue weighted by Crippen LogP contribution is 2.28. The Morgan fingerprint density at radius 3 is 2.71 bits per heavy atom. The van der Waals surface area contributed by atoms with Crippen LogP contribution in [0.25, 0.3) is 0 Å². The normalized spacial score (nSPS) is 12.4. The minimum atomic E-state index is 0.0709. The molecule has 2 nitrogen and oxygen atoms in total. The summed E-state index contributed by atoms with van der Waals surface area (Å²) in [5.41, 5.74) is 0. The van der Waals surface area contributed by atoms with Crippen LogP contribution in [0.2, 0.25) is 0 Å². The second kappa shape index (κ2) is 5.33. The van der Waals surface area contributed by atoms with Crippen molar-refractivity contribution >= 4 is 44.5 Å². The summed E-state index contributed by atoms with van der Waals surface area (Å²) in [6, 6.07) is 7.94. The van der Waals surface area contributed by atoms with Gasteiger partial charge in [-0.3, -0.25) is 4.79 Å². The summed E-state index contributed by atoms with van der Waals surface area (Å²) in [5, 5.41) is 2.03. The molecule has 5 heteroatoms. The van der Waals surface area contributed by atoms with Crippen molar-refractivity contribution in [3.8, 4) is 0 Å². The van der Waals surface area contributed by atoms with Gasteiger partial charge in [-0.1, -0.05) is 6.07 Å². The molecule has 2 rings (SSSR count). The number of thiophene rings is 2. The summed E-state index contributed by atoms with van der Waals surface area (Å²) in [5.74, 6) is 0.0709. The van der Waals surface area contributed by atoms with Gasteiger partial charge in [0.1, 0.15) is 0 Å². The van der Waals surface area contributed by atoms with Crippen LogP contribution in [-0.4, -0.2) is 17.9 Å². The summed E-state index contributed by atoms with van der Waals surface area (Å²) in [6.45, 7) is 2.05. The molecule has 1 amide bonds. The van der Waals surface area contributed by atoms with Gasteiger partial charge in [0.2, 0.25) is 0 Å². The first-order valence-electron chi connectivity index (χ1n) is 5.15. The zero-order valence-electron chi connectivity index (χ0n) is 9.51. The van der Waals surface area contributed by atoms with Crippen LogP contribution in [0.3, 0.4) is 0 Å². The molecule has 0 saturated heterocycles. The number of hydrogen-bond donors (Lipinski definition) is 0. The molecular formula is C12H12BrNOS2. The molecule has 1 atom stereocenters. The van der Waals surface area contributed by atoms with E-state index >= 15 is 0 Å². The molecule has 2 heterocycles. The lowest BCUT2D eigenvalue weighted by atomic mass is 10.2.